The molecule has 0 aliphatic heterocycles. The molecule has 0 saturated heterocycles. The second-order valence-corrected chi connectivity index (χ2v) is 5.28. The molecule has 19 heavy (non-hydrogen) atoms. The van der Waals surface area contributed by atoms with Gasteiger partial charge in [-0.25, -0.2) is 4.98 Å². The molecule has 0 atom stereocenters. The second-order valence-electron chi connectivity index (χ2n) is 5.28. The average molecular weight is 262 g/mol. The van der Waals surface area contributed by atoms with Gasteiger partial charge in [-0.3, -0.25) is 0 Å². The first-order valence-corrected chi connectivity index (χ1v) is 7.44. The number of pyridine rings is 1. The van der Waals surface area contributed by atoms with Gasteiger partial charge in [0.05, 0.1) is 0 Å². The third kappa shape index (κ3) is 4.39. The van der Waals surface area contributed by atoms with Crippen LogP contribution in [-0.2, 0) is 0 Å². The number of hydrogen-bond acceptors (Lipinski definition) is 4. The largest absolute Gasteiger partial charge is 0.370 e. The van der Waals surface area contributed by atoms with E-state index in [0.29, 0.717) is 0 Å². The molecule has 0 radical (unpaired) electrons. The highest BCUT2D eigenvalue weighted by Crippen LogP contribution is 2.21. The van der Waals surface area contributed by atoms with Crippen LogP contribution in [0, 0.1) is 0 Å². The van der Waals surface area contributed by atoms with Crippen LogP contribution in [-0.4, -0.2) is 42.6 Å². The van der Waals surface area contributed by atoms with E-state index in [1.54, 1.807) is 0 Å². The topological polar surface area (TPSA) is 40.2 Å². The zero-order chi connectivity index (χ0) is 13.5. The van der Waals surface area contributed by atoms with E-state index in [0.717, 1.165) is 37.3 Å². The summed E-state index contributed by atoms with van der Waals surface area (Å²) in [6, 6.07) is 6.85. The number of nitrogens with one attached hydrogen (secondary N) is 2. The summed E-state index contributed by atoms with van der Waals surface area (Å²) in [6.07, 6.45) is 5.53. The molecule has 0 spiro atoms. The molecule has 4 heteroatoms. The Bertz CT molecular complexity index is 374. The van der Waals surface area contributed by atoms with Gasteiger partial charge in [-0.05, 0) is 38.9 Å². The van der Waals surface area contributed by atoms with Crippen molar-refractivity contribution in [2.75, 3.05) is 37.3 Å². The van der Waals surface area contributed by atoms with E-state index in [2.05, 4.69) is 34.5 Å². The third-order valence-electron chi connectivity index (χ3n) is 3.83. The minimum atomic E-state index is 0.794. The quantitative estimate of drug-likeness (QED) is 0.793. The number of hydrogen-bond donors (Lipinski definition) is 2. The molecule has 1 aliphatic rings. The molecule has 1 aliphatic carbocycles. The van der Waals surface area contributed by atoms with Crippen LogP contribution in [0.25, 0.3) is 0 Å². The number of rotatable bonds is 7. The maximum absolute atomic E-state index is 4.52. The van der Waals surface area contributed by atoms with Gasteiger partial charge in [0, 0.05) is 25.7 Å². The van der Waals surface area contributed by atoms with Crippen molar-refractivity contribution < 1.29 is 0 Å². The molecular weight excluding hydrogens is 236 g/mol. The Morgan fingerprint density at radius 2 is 1.89 bits per heavy atom. The van der Waals surface area contributed by atoms with Crippen LogP contribution in [0.5, 0.6) is 0 Å². The summed E-state index contributed by atoms with van der Waals surface area (Å²) in [7, 11) is 2.24. The van der Waals surface area contributed by atoms with E-state index in [-0.39, 0.29) is 0 Å². The molecule has 1 fully saturated rings. The maximum atomic E-state index is 4.52. The van der Waals surface area contributed by atoms with Crippen molar-refractivity contribution in [1.29, 1.82) is 0 Å². The highest BCUT2D eigenvalue weighted by molar-refractivity contribution is 5.44. The molecule has 2 N–H and O–H groups in total. The van der Waals surface area contributed by atoms with Crippen molar-refractivity contribution in [2.45, 2.75) is 38.6 Å². The van der Waals surface area contributed by atoms with Gasteiger partial charge in [0.25, 0.3) is 0 Å². The predicted octanol–water partition coefficient (Wildman–Crippen LogP) is 2.80. The molecule has 4 nitrogen and oxygen atoms in total. The van der Waals surface area contributed by atoms with Crippen LogP contribution < -0.4 is 10.6 Å². The Morgan fingerprint density at radius 3 is 2.58 bits per heavy atom. The van der Waals surface area contributed by atoms with Crippen molar-refractivity contribution in [3.8, 4) is 0 Å². The highest BCUT2D eigenvalue weighted by Gasteiger charge is 2.18. The van der Waals surface area contributed by atoms with Crippen molar-refractivity contribution >= 4 is 11.6 Å². The van der Waals surface area contributed by atoms with Gasteiger partial charge in [0.2, 0.25) is 0 Å². The van der Waals surface area contributed by atoms with Crippen molar-refractivity contribution in [2.24, 2.45) is 0 Å². The Balaban J connectivity index is 1.73. The first-order valence-electron chi connectivity index (χ1n) is 7.44. The van der Waals surface area contributed by atoms with Gasteiger partial charge in [-0.2, -0.15) is 0 Å². The Labute approximate surface area is 116 Å². The van der Waals surface area contributed by atoms with Gasteiger partial charge in [0.1, 0.15) is 11.6 Å². The normalized spacial score (nSPS) is 15.9. The second kappa shape index (κ2) is 7.34. The predicted molar refractivity (Wildman–Crippen MR) is 81.8 cm³/mol. The van der Waals surface area contributed by atoms with Crippen molar-refractivity contribution in [3.05, 3.63) is 18.2 Å². The molecule has 0 bridgehead atoms. The van der Waals surface area contributed by atoms with Crippen LogP contribution >= 0.6 is 0 Å². The number of anilines is 2. The molecule has 106 valence electrons. The zero-order valence-corrected chi connectivity index (χ0v) is 12.2. The van der Waals surface area contributed by atoms with Crippen molar-refractivity contribution in [3.63, 3.8) is 0 Å². The first-order chi connectivity index (χ1) is 9.29. The minimum absolute atomic E-state index is 0.794. The molecule has 2 rings (SSSR count). The summed E-state index contributed by atoms with van der Waals surface area (Å²) in [5.74, 6) is 1.90. The molecule has 0 amide bonds. The molecule has 0 aromatic carbocycles. The molecule has 1 aromatic rings. The number of nitrogens with zero attached hydrogens (tertiary/aromatic N) is 2. The Kier molecular flexibility index (Phi) is 5.45. The fourth-order valence-electron chi connectivity index (χ4n) is 2.70. The molecule has 1 aromatic heterocycles. The Morgan fingerprint density at radius 1 is 1.21 bits per heavy atom. The lowest BCUT2D eigenvalue weighted by Gasteiger charge is -2.24. The lowest BCUT2D eigenvalue weighted by molar-refractivity contribution is 0.254. The standard InChI is InChI=1S/C15H26N4/c1-3-16-14-9-6-10-15(18-14)17-11-12-19(2)13-7-4-5-8-13/h6,9-10,13H,3-5,7-8,11-12H2,1-2H3,(H2,16,17,18). The van der Waals surface area contributed by atoms with E-state index in [1.807, 2.05) is 18.2 Å². The molecule has 0 unspecified atom stereocenters. The molecule has 1 heterocycles. The van der Waals surface area contributed by atoms with Crippen LogP contribution in [0.4, 0.5) is 11.6 Å². The zero-order valence-electron chi connectivity index (χ0n) is 12.2. The summed E-state index contributed by atoms with van der Waals surface area (Å²) >= 11 is 0. The maximum Gasteiger partial charge on any atom is 0.128 e. The number of likely N-dealkylation sites (N-methyl/N-ethyl adjacent to an activating group) is 1. The summed E-state index contributed by atoms with van der Waals surface area (Å²) in [4.78, 5) is 7.00. The lowest BCUT2D eigenvalue weighted by Crippen LogP contribution is -2.33. The summed E-state index contributed by atoms with van der Waals surface area (Å²) < 4.78 is 0. The fourth-order valence-corrected chi connectivity index (χ4v) is 2.70. The van der Waals surface area contributed by atoms with Crippen molar-refractivity contribution in [1.82, 2.24) is 9.88 Å². The fraction of sp³-hybridized carbons (Fsp3) is 0.667. The molecular formula is C15H26N4. The van der Waals surface area contributed by atoms with Crippen LogP contribution in [0.1, 0.15) is 32.6 Å². The SMILES string of the molecule is CCNc1cccc(NCCN(C)C2CCCC2)n1. The minimum Gasteiger partial charge on any atom is -0.370 e. The number of aromatic nitrogens is 1. The van der Waals surface area contributed by atoms with E-state index in [1.165, 1.54) is 25.7 Å². The summed E-state index contributed by atoms with van der Waals surface area (Å²) in [6.45, 7) is 5.02. The van der Waals surface area contributed by atoms with Crippen LogP contribution in [0.2, 0.25) is 0 Å². The monoisotopic (exact) mass is 262 g/mol. The smallest absolute Gasteiger partial charge is 0.128 e. The highest BCUT2D eigenvalue weighted by atomic mass is 15.2. The molecule has 1 saturated carbocycles. The van der Waals surface area contributed by atoms with Crippen LogP contribution in [0.3, 0.4) is 0 Å². The summed E-state index contributed by atoms with van der Waals surface area (Å²) in [5.41, 5.74) is 0. The van der Waals surface area contributed by atoms with Crippen LogP contribution in [0.15, 0.2) is 18.2 Å². The van der Waals surface area contributed by atoms with E-state index in [9.17, 15) is 0 Å². The van der Waals surface area contributed by atoms with Gasteiger partial charge in [-0.1, -0.05) is 18.9 Å². The van der Waals surface area contributed by atoms with E-state index >= 15 is 0 Å². The third-order valence-corrected chi connectivity index (χ3v) is 3.83. The van der Waals surface area contributed by atoms with E-state index < -0.39 is 0 Å². The lowest BCUT2D eigenvalue weighted by atomic mass is 10.2. The van der Waals surface area contributed by atoms with Gasteiger partial charge in [0.15, 0.2) is 0 Å². The average Bonchev–Trinajstić information content (AvgIpc) is 2.93. The Hall–Kier alpha value is -1.29. The van der Waals surface area contributed by atoms with E-state index in [4.69, 9.17) is 0 Å². The van der Waals surface area contributed by atoms with Gasteiger partial charge in [-0.15, -0.1) is 0 Å². The van der Waals surface area contributed by atoms with Gasteiger partial charge < -0.3 is 15.5 Å². The first kappa shape index (κ1) is 14.1. The van der Waals surface area contributed by atoms with Gasteiger partial charge >= 0.3 is 0 Å². The summed E-state index contributed by atoms with van der Waals surface area (Å²) in [5, 5.41) is 6.64.